The van der Waals surface area contributed by atoms with Crippen molar-refractivity contribution < 1.29 is 221 Å². The molecule has 0 bridgehead atoms. The first kappa shape index (κ1) is 384. The Morgan fingerprint density at radius 3 is 0.191 bits per heavy atom. The third kappa shape index (κ3) is 2080000. The molecule has 0 saturated heterocycles. The van der Waals surface area contributed by atoms with Crippen molar-refractivity contribution in [3.63, 3.8) is 0 Å². The zero-order chi connectivity index (χ0) is 18.0. The number of hydrogen-bond acceptors (Lipinski definition) is 16. The SMILES string of the molecule is O.O.O.O.O.O.O.O.O.O.O.O.O.O.O.O.O.O.O.O.O.O.O.O.O=S(=O)([O-])[O-].O=S(=O)([O-])[O-].O=S(=O)([O-])[O-].O=S(=O)([O-])[O-].[Al+3].[Al+3].[Zn+2]. The second-order valence-corrected chi connectivity index (χ2v) is 4.90. The van der Waals surface area contributed by atoms with Gasteiger partial charge < -0.3 is 168 Å². The molecule has 0 aromatic carbocycles. The topological polar surface area (TPSA) is 1080 Å². The van der Waals surface area contributed by atoms with Gasteiger partial charge in [0.1, 0.15) is 0 Å². The van der Waals surface area contributed by atoms with E-state index < -0.39 is 41.6 Å². The fourth-order valence-corrected chi connectivity index (χ4v) is 0. The van der Waals surface area contributed by atoms with Gasteiger partial charge in [0, 0.05) is 41.6 Å². The molecule has 0 atom stereocenters. The van der Waals surface area contributed by atoms with Crippen LogP contribution in [-0.4, -0.2) is 236 Å². The van der Waals surface area contributed by atoms with Crippen molar-refractivity contribution in [2.45, 2.75) is 0 Å². The van der Waals surface area contributed by atoms with Crippen LogP contribution in [-0.2, 0) is 61.1 Å². The Labute approximate surface area is 296 Å². The van der Waals surface area contributed by atoms with Crippen LogP contribution < -0.4 is 0 Å². The van der Waals surface area contributed by atoms with E-state index in [9.17, 15) is 0 Å². The van der Waals surface area contributed by atoms with Gasteiger partial charge in [0.15, 0.2) is 0 Å². The molecule has 0 radical (unpaired) electrons. The Morgan fingerprint density at radius 2 is 0.191 bits per heavy atom. The Kier molecular flexibility index (Phi) is 1320. The summed E-state index contributed by atoms with van der Waals surface area (Å²) < 4.78 is 136. The van der Waals surface area contributed by atoms with Crippen LogP contribution in [0.25, 0.3) is 0 Å². The summed E-state index contributed by atoms with van der Waals surface area (Å²) in [6, 6.07) is 0. The molecule has 0 heterocycles. The van der Waals surface area contributed by atoms with Gasteiger partial charge in [-0.3, -0.25) is 33.7 Å². The van der Waals surface area contributed by atoms with Crippen LogP contribution in [0.1, 0.15) is 0 Å². The van der Waals surface area contributed by atoms with Crippen molar-refractivity contribution in [3.8, 4) is 0 Å². The third-order valence-corrected chi connectivity index (χ3v) is 0. The first-order chi connectivity index (χ1) is 8.00. The second-order valence-electron chi connectivity index (χ2n) is 1.63. The molecule has 0 aliphatic rings. The van der Waals surface area contributed by atoms with E-state index in [1.807, 2.05) is 0 Å². The Morgan fingerprint density at radius 1 is 0.191 bits per heavy atom. The maximum absolute atomic E-state index is 8.52. The standard InChI is InChI=1S/2Al.4H2O4S.24H2O.Zn/c;;4*1-5(2,3)4;;;;;;;;;;;;;;;;;;;;;;;;;/h;;4*(H2,1,2,3,4);24*1H2;/q2*+3;;;;;;;;;;;;;;;;;;;;;;;;;;;;;+2/p-8. The number of hydrogen-bond donors (Lipinski definition) is 0. The molecule has 0 fully saturated rings. The van der Waals surface area contributed by atoms with Crippen LogP contribution >= 0.6 is 0 Å². The van der Waals surface area contributed by atoms with Gasteiger partial charge in [0.2, 0.25) is 0 Å². The molecule has 0 spiro atoms. The normalized spacial score (nSPS) is 4.94. The molecule has 48 N–H and O–H groups in total. The molecule has 0 saturated carbocycles. The van der Waals surface area contributed by atoms with E-state index >= 15 is 0 Å². The molecule has 0 aromatic rings. The summed E-state index contributed by atoms with van der Waals surface area (Å²) in [5.41, 5.74) is 0. The van der Waals surface area contributed by atoms with E-state index in [4.69, 9.17) is 70.1 Å². The quantitative estimate of drug-likeness (QED) is 0.124. The van der Waals surface area contributed by atoms with E-state index in [2.05, 4.69) is 0 Å². The summed E-state index contributed by atoms with van der Waals surface area (Å²) in [5.74, 6) is 0. The van der Waals surface area contributed by atoms with Gasteiger partial charge in [0.05, 0.1) is 0 Å². The fourth-order valence-electron chi connectivity index (χ4n) is 0. The van der Waals surface area contributed by atoms with E-state index in [-0.39, 0.29) is 186 Å². The zero-order valence-corrected chi connectivity index (χ0v) is 30.6. The first-order valence-electron chi connectivity index (χ1n) is 2.67. The largest absolute Gasteiger partial charge is 3.00 e. The molecule has 0 aliphatic heterocycles. The Balaban J connectivity index is -0.00000000210. The monoisotopic (exact) mass is 934 g/mol. The molecular weight excluding hydrogens is 888 g/mol. The Hall–Kier alpha value is 0.208. The van der Waals surface area contributed by atoms with Gasteiger partial charge in [-0.25, -0.2) is 0 Å². The molecule has 0 unspecified atom stereocenters. The van der Waals surface area contributed by atoms with Crippen molar-refractivity contribution in [2.75, 3.05) is 0 Å². The molecule has 0 rings (SSSR count). The summed E-state index contributed by atoms with van der Waals surface area (Å²) >= 11 is 0. The second kappa shape index (κ2) is 161. The van der Waals surface area contributed by atoms with Gasteiger partial charge >= 0.3 is 54.2 Å². The van der Waals surface area contributed by atoms with Crippen molar-refractivity contribution >= 4 is 76.3 Å². The molecule has 47 heavy (non-hydrogen) atoms. The van der Waals surface area contributed by atoms with Crippen LogP contribution in [0.2, 0.25) is 0 Å². The number of rotatable bonds is 0. The molecule has 40 nitrogen and oxygen atoms in total. The summed E-state index contributed by atoms with van der Waals surface area (Å²) in [4.78, 5) is 0. The van der Waals surface area contributed by atoms with Gasteiger partial charge in [-0.2, -0.15) is 0 Å². The summed E-state index contributed by atoms with van der Waals surface area (Å²) in [6.45, 7) is 0. The van der Waals surface area contributed by atoms with Crippen molar-refractivity contribution in [3.05, 3.63) is 0 Å². The predicted octanol–water partition coefficient (Wildman–Crippen LogP) is -25.9. The van der Waals surface area contributed by atoms with Crippen LogP contribution in [0.5, 0.6) is 0 Å². The van der Waals surface area contributed by atoms with Gasteiger partial charge in [-0.1, -0.05) is 0 Å². The van der Waals surface area contributed by atoms with Gasteiger partial charge in [-0.15, -0.1) is 0 Å². The van der Waals surface area contributed by atoms with Crippen LogP contribution in [0.15, 0.2) is 0 Å². The smallest absolute Gasteiger partial charge is 0.759 e. The van der Waals surface area contributed by atoms with Crippen molar-refractivity contribution in [2.24, 2.45) is 0 Å². The summed E-state index contributed by atoms with van der Waals surface area (Å²) in [7, 11) is -20.7. The summed E-state index contributed by atoms with van der Waals surface area (Å²) in [5, 5.41) is 0. The maximum atomic E-state index is 8.52. The molecule has 47 heteroatoms. The predicted molar refractivity (Wildman–Crippen MR) is 140 cm³/mol. The van der Waals surface area contributed by atoms with E-state index in [0.717, 1.165) is 0 Å². The zero-order valence-electron chi connectivity index (χ0n) is 22.0. The van der Waals surface area contributed by atoms with Crippen LogP contribution in [0, 0.1) is 0 Å². The minimum absolute atomic E-state index is 0. The minimum Gasteiger partial charge on any atom is -0.759 e. The first-order valence-corrected chi connectivity index (χ1v) is 8.00. The average Bonchev–Trinajstić information content (AvgIpc) is 1.62. The van der Waals surface area contributed by atoms with E-state index in [1.54, 1.807) is 0 Å². The van der Waals surface area contributed by atoms with Crippen molar-refractivity contribution in [1.29, 1.82) is 0 Å². The van der Waals surface area contributed by atoms with Crippen LogP contribution in [0.4, 0.5) is 0 Å². The molecule has 0 aliphatic carbocycles. The van der Waals surface area contributed by atoms with Gasteiger partial charge in [-0.05, 0) is 0 Å². The van der Waals surface area contributed by atoms with E-state index in [0.29, 0.717) is 0 Å². The average molecular weight is 936 g/mol. The third-order valence-electron chi connectivity index (χ3n) is 0. The minimum atomic E-state index is -5.17. The molecule has 320 valence electrons. The summed E-state index contributed by atoms with van der Waals surface area (Å²) in [6.07, 6.45) is 0. The fraction of sp³-hybridized carbons (Fsp3) is 0. The molecule has 0 aromatic heterocycles. The van der Waals surface area contributed by atoms with Gasteiger partial charge in [0.25, 0.3) is 0 Å². The molecular formula is H48Al2O40S4Zn. The van der Waals surface area contributed by atoms with E-state index in [1.165, 1.54) is 0 Å². The van der Waals surface area contributed by atoms with Crippen molar-refractivity contribution in [1.82, 2.24) is 0 Å². The maximum Gasteiger partial charge on any atom is 3.00 e. The Bertz CT molecular complexity index is 491. The van der Waals surface area contributed by atoms with Crippen LogP contribution in [0.3, 0.4) is 0 Å². The molecule has 0 amide bonds.